The topological polar surface area (TPSA) is 37.8 Å². The van der Waals surface area contributed by atoms with E-state index in [1.807, 2.05) is 0 Å². The highest BCUT2D eigenvalue weighted by Gasteiger charge is 2.18. The van der Waals surface area contributed by atoms with Crippen molar-refractivity contribution in [2.24, 2.45) is 0 Å². The van der Waals surface area contributed by atoms with Crippen molar-refractivity contribution in [3.63, 3.8) is 0 Å². The fourth-order valence-corrected chi connectivity index (χ4v) is 2.32. The zero-order chi connectivity index (χ0) is 11.8. The maximum atomic E-state index is 4.47. The Morgan fingerprint density at radius 2 is 2.00 bits per heavy atom. The van der Waals surface area contributed by atoms with Crippen LogP contribution >= 0.6 is 0 Å². The van der Waals surface area contributed by atoms with Gasteiger partial charge in [0.05, 0.1) is 11.4 Å². The van der Waals surface area contributed by atoms with Crippen molar-refractivity contribution in [3.8, 4) is 11.3 Å². The van der Waals surface area contributed by atoms with E-state index in [0.29, 0.717) is 0 Å². The number of fused-ring (bicyclic) bond motifs is 1. The van der Waals surface area contributed by atoms with E-state index in [9.17, 15) is 0 Å². The molecule has 0 atom stereocenters. The lowest BCUT2D eigenvalue weighted by molar-refractivity contribution is 0.758. The fraction of sp³-hybridized carbons (Fsp3) is 0.286. The Morgan fingerprint density at radius 3 is 2.88 bits per heavy atom. The molecule has 1 aromatic carbocycles. The van der Waals surface area contributed by atoms with E-state index in [4.69, 9.17) is 0 Å². The molecule has 0 unspecified atom stereocenters. The molecule has 1 aliphatic rings. The van der Waals surface area contributed by atoms with E-state index in [0.717, 1.165) is 24.5 Å². The first-order valence-electron chi connectivity index (χ1n) is 5.87. The lowest BCUT2D eigenvalue weighted by atomic mass is 9.99. The maximum Gasteiger partial charge on any atom is 0.116 e. The largest absolute Gasteiger partial charge is 0.307 e. The summed E-state index contributed by atoms with van der Waals surface area (Å²) in [6.07, 6.45) is 1.67. The van der Waals surface area contributed by atoms with Crippen molar-refractivity contribution < 1.29 is 0 Å². The van der Waals surface area contributed by atoms with Crippen LogP contribution in [0, 0.1) is 13.8 Å². The first-order chi connectivity index (χ1) is 8.25. The van der Waals surface area contributed by atoms with Gasteiger partial charge in [0.25, 0.3) is 0 Å². The third-order valence-corrected chi connectivity index (χ3v) is 3.28. The number of rotatable bonds is 1. The van der Waals surface area contributed by atoms with Crippen LogP contribution < -0.4 is 5.32 Å². The molecular weight excluding hydrogens is 210 g/mol. The van der Waals surface area contributed by atoms with Crippen LogP contribution in [-0.2, 0) is 13.1 Å². The van der Waals surface area contributed by atoms with E-state index >= 15 is 0 Å². The number of aromatic nitrogens is 2. The summed E-state index contributed by atoms with van der Waals surface area (Å²) in [5, 5.41) is 3.33. The minimum atomic E-state index is 0.857. The summed E-state index contributed by atoms with van der Waals surface area (Å²) >= 11 is 0. The molecule has 0 saturated carbocycles. The molecule has 1 aromatic heterocycles. The molecule has 3 heteroatoms. The predicted octanol–water partition coefficient (Wildman–Crippen LogP) is 2.36. The SMILES string of the molecule is Cc1ccc(C)c(-c2ncnc3c2CNC3)c1. The van der Waals surface area contributed by atoms with Gasteiger partial charge in [-0.25, -0.2) is 9.97 Å². The Bertz CT molecular complexity index is 576. The lowest BCUT2D eigenvalue weighted by Gasteiger charge is -2.09. The number of nitrogens with zero attached hydrogens (tertiary/aromatic N) is 2. The van der Waals surface area contributed by atoms with Crippen LogP contribution in [0.3, 0.4) is 0 Å². The average Bonchev–Trinajstić information content (AvgIpc) is 2.80. The van der Waals surface area contributed by atoms with Gasteiger partial charge in [0.15, 0.2) is 0 Å². The minimum absolute atomic E-state index is 0.857. The normalized spacial score (nSPS) is 13.8. The Balaban J connectivity index is 2.22. The van der Waals surface area contributed by atoms with Gasteiger partial charge in [-0.2, -0.15) is 0 Å². The molecule has 0 spiro atoms. The summed E-state index contributed by atoms with van der Waals surface area (Å²) in [5.41, 5.74) is 7.23. The number of aryl methyl sites for hydroxylation is 2. The highest BCUT2D eigenvalue weighted by atomic mass is 15.0. The van der Waals surface area contributed by atoms with Crippen LogP contribution in [0.25, 0.3) is 11.3 Å². The molecule has 3 nitrogen and oxygen atoms in total. The van der Waals surface area contributed by atoms with E-state index in [-0.39, 0.29) is 0 Å². The average molecular weight is 225 g/mol. The summed E-state index contributed by atoms with van der Waals surface area (Å²) in [6.45, 7) is 5.98. The Morgan fingerprint density at radius 1 is 1.12 bits per heavy atom. The van der Waals surface area contributed by atoms with Gasteiger partial charge in [-0.05, 0) is 25.5 Å². The van der Waals surface area contributed by atoms with Crippen molar-refractivity contribution >= 4 is 0 Å². The molecule has 17 heavy (non-hydrogen) atoms. The minimum Gasteiger partial charge on any atom is -0.307 e. The number of hydrogen-bond acceptors (Lipinski definition) is 3. The molecule has 2 heterocycles. The van der Waals surface area contributed by atoms with E-state index < -0.39 is 0 Å². The van der Waals surface area contributed by atoms with Crippen LogP contribution in [0.2, 0.25) is 0 Å². The van der Waals surface area contributed by atoms with Gasteiger partial charge in [0, 0.05) is 24.2 Å². The first kappa shape index (κ1) is 10.4. The summed E-state index contributed by atoms with van der Waals surface area (Å²) in [4.78, 5) is 8.80. The molecule has 1 N–H and O–H groups in total. The molecule has 0 radical (unpaired) electrons. The molecule has 0 amide bonds. The van der Waals surface area contributed by atoms with Gasteiger partial charge in [-0.3, -0.25) is 0 Å². The smallest absolute Gasteiger partial charge is 0.116 e. The molecule has 0 fully saturated rings. The van der Waals surface area contributed by atoms with E-state index in [1.54, 1.807) is 6.33 Å². The number of hydrogen-bond donors (Lipinski definition) is 1. The summed E-state index contributed by atoms with van der Waals surface area (Å²) in [6, 6.07) is 6.50. The van der Waals surface area contributed by atoms with Gasteiger partial charge in [-0.15, -0.1) is 0 Å². The zero-order valence-electron chi connectivity index (χ0n) is 10.1. The van der Waals surface area contributed by atoms with Gasteiger partial charge in [0.2, 0.25) is 0 Å². The molecule has 1 aliphatic heterocycles. The van der Waals surface area contributed by atoms with Crippen molar-refractivity contribution in [1.82, 2.24) is 15.3 Å². The third-order valence-electron chi connectivity index (χ3n) is 3.28. The lowest BCUT2D eigenvalue weighted by Crippen LogP contribution is -2.01. The zero-order valence-corrected chi connectivity index (χ0v) is 10.1. The fourth-order valence-electron chi connectivity index (χ4n) is 2.32. The second-order valence-corrected chi connectivity index (χ2v) is 4.57. The third kappa shape index (κ3) is 1.72. The highest BCUT2D eigenvalue weighted by molar-refractivity contribution is 5.68. The molecule has 0 bridgehead atoms. The molecule has 3 rings (SSSR count). The van der Waals surface area contributed by atoms with Crippen molar-refractivity contribution in [2.45, 2.75) is 26.9 Å². The second kappa shape index (κ2) is 3.93. The molecule has 2 aromatic rings. The van der Waals surface area contributed by atoms with Crippen LogP contribution in [0.15, 0.2) is 24.5 Å². The van der Waals surface area contributed by atoms with Crippen LogP contribution in [0.1, 0.15) is 22.4 Å². The molecule has 0 saturated heterocycles. The molecule has 86 valence electrons. The Labute approximate surface area is 101 Å². The maximum absolute atomic E-state index is 4.47. The van der Waals surface area contributed by atoms with Gasteiger partial charge in [-0.1, -0.05) is 17.7 Å². The van der Waals surface area contributed by atoms with Crippen molar-refractivity contribution in [3.05, 3.63) is 46.9 Å². The number of benzene rings is 1. The Kier molecular flexibility index (Phi) is 2.41. The highest BCUT2D eigenvalue weighted by Crippen LogP contribution is 2.28. The van der Waals surface area contributed by atoms with Crippen LogP contribution in [0.5, 0.6) is 0 Å². The molecule has 0 aliphatic carbocycles. The van der Waals surface area contributed by atoms with Crippen LogP contribution in [0.4, 0.5) is 0 Å². The van der Waals surface area contributed by atoms with Gasteiger partial charge in [0.1, 0.15) is 6.33 Å². The van der Waals surface area contributed by atoms with Gasteiger partial charge < -0.3 is 5.32 Å². The first-order valence-corrected chi connectivity index (χ1v) is 5.87. The monoisotopic (exact) mass is 225 g/mol. The van der Waals surface area contributed by atoms with E-state index in [1.165, 1.54) is 22.3 Å². The Hall–Kier alpha value is -1.74. The summed E-state index contributed by atoms with van der Waals surface area (Å²) < 4.78 is 0. The second-order valence-electron chi connectivity index (χ2n) is 4.57. The standard InChI is InChI=1S/C14H15N3/c1-9-3-4-10(2)11(5-9)14-12-6-15-7-13(12)16-8-17-14/h3-5,8,15H,6-7H2,1-2H3. The van der Waals surface area contributed by atoms with Crippen LogP contribution in [-0.4, -0.2) is 9.97 Å². The van der Waals surface area contributed by atoms with Crippen molar-refractivity contribution in [2.75, 3.05) is 0 Å². The summed E-state index contributed by atoms with van der Waals surface area (Å²) in [5.74, 6) is 0. The van der Waals surface area contributed by atoms with Gasteiger partial charge >= 0.3 is 0 Å². The molecular formula is C14H15N3. The van der Waals surface area contributed by atoms with Crippen molar-refractivity contribution in [1.29, 1.82) is 0 Å². The quantitative estimate of drug-likeness (QED) is 0.809. The predicted molar refractivity (Wildman–Crippen MR) is 67.5 cm³/mol. The van der Waals surface area contributed by atoms with E-state index in [2.05, 4.69) is 47.3 Å². The number of nitrogens with one attached hydrogen (secondary N) is 1. The summed E-state index contributed by atoms with van der Waals surface area (Å²) in [7, 11) is 0.